The molecular weight excluding hydrogens is 402 g/mol. The van der Waals surface area contributed by atoms with Gasteiger partial charge in [0.15, 0.2) is 0 Å². The Hall–Kier alpha value is -2.70. The molecule has 1 aliphatic carbocycles. The van der Waals surface area contributed by atoms with E-state index in [4.69, 9.17) is 0 Å². The lowest BCUT2D eigenvalue weighted by atomic mass is 9.88. The van der Waals surface area contributed by atoms with Crippen LogP contribution < -0.4 is 10.9 Å². The van der Waals surface area contributed by atoms with Gasteiger partial charge < -0.3 is 15.0 Å². The molecule has 6 heteroatoms. The number of nitrogens with zero attached hydrogens (tertiary/aromatic N) is 2. The summed E-state index contributed by atoms with van der Waals surface area (Å²) in [6.45, 7) is 2.45. The number of likely N-dealkylation sites (N-methyl/N-ethyl adjacent to an activating group) is 1. The highest BCUT2D eigenvalue weighted by Gasteiger charge is 2.54. The number of allylic oxidation sites excluding steroid dienone is 2. The number of fused-ring (bicyclic) bond motifs is 3. The van der Waals surface area contributed by atoms with Crippen LogP contribution in [0, 0.1) is 11.8 Å². The van der Waals surface area contributed by atoms with Crippen LogP contribution in [0.5, 0.6) is 0 Å². The van der Waals surface area contributed by atoms with Crippen LogP contribution in [-0.4, -0.2) is 40.2 Å². The smallest absolute Gasteiger partial charge is 0.258 e. The molecule has 2 aliphatic heterocycles. The van der Waals surface area contributed by atoms with E-state index in [0.29, 0.717) is 6.54 Å². The maximum atomic E-state index is 13.3. The summed E-state index contributed by atoms with van der Waals surface area (Å²) in [5.74, 6) is -0.256. The van der Waals surface area contributed by atoms with E-state index >= 15 is 0 Å². The average Bonchev–Trinajstić information content (AvgIpc) is 3.51. The van der Waals surface area contributed by atoms with Gasteiger partial charge in [-0.25, -0.2) is 0 Å². The summed E-state index contributed by atoms with van der Waals surface area (Å²) in [5.41, 5.74) is 4.03. The highest BCUT2D eigenvalue weighted by molar-refractivity contribution is 5.83. The van der Waals surface area contributed by atoms with Gasteiger partial charge >= 0.3 is 0 Å². The van der Waals surface area contributed by atoms with Crippen LogP contribution in [0.4, 0.5) is 0 Å². The molecule has 0 radical (unpaired) electrons. The maximum Gasteiger partial charge on any atom is 0.258 e. The minimum absolute atomic E-state index is 0.0355. The van der Waals surface area contributed by atoms with Gasteiger partial charge in [0.1, 0.15) is 0 Å². The molecule has 1 saturated heterocycles. The number of amides is 1. The van der Waals surface area contributed by atoms with Crippen LogP contribution >= 0.6 is 0 Å². The Labute approximate surface area is 188 Å². The van der Waals surface area contributed by atoms with Gasteiger partial charge in [0.05, 0.1) is 18.1 Å². The maximum absolute atomic E-state index is 13.3. The van der Waals surface area contributed by atoms with E-state index in [0.717, 1.165) is 41.7 Å². The van der Waals surface area contributed by atoms with Crippen molar-refractivity contribution in [1.29, 1.82) is 0 Å². The average molecular weight is 434 g/mol. The minimum Gasteiger partial charge on any atom is -0.396 e. The summed E-state index contributed by atoms with van der Waals surface area (Å²) >= 11 is 0. The summed E-state index contributed by atoms with van der Waals surface area (Å²) in [7, 11) is 1.94. The number of hydrogen-bond acceptors (Lipinski definition) is 4. The van der Waals surface area contributed by atoms with Crippen molar-refractivity contribution in [2.75, 3.05) is 13.7 Å². The van der Waals surface area contributed by atoms with Gasteiger partial charge in [-0.3, -0.25) is 14.5 Å². The second-order valence-electron chi connectivity index (χ2n) is 9.42. The van der Waals surface area contributed by atoms with Gasteiger partial charge in [-0.1, -0.05) is 36.4 Å². The molecule has 0 spiro atoms. The number of carbonyl (C=O) groups is 1. The molecule has 3 aliphatic rings. The molecule has 6 nitrogen and oxygen atoms in total. The Morgan fingerprint density at radius 2 is 2.00 bits per heavy atom. The number of hydrogen-bond donors (Lipinski definition) is 2. The van der Waals surface area contributed by atoms with Crippen molar-refractivity contribution in [2.45, 2.75) is 50.9 Å². The third kappa shape index (κ3) is 3.33. The number of nitrogens with one attached hydrogen (secondary N) is 1. The molecule has 0 saturated carbocycles. The normalized spacial score (nSPS) is 27.7. The summed E-state index contributed by atoms with van der Waals surface area (Å²) in [5, 5.41) is 13.4. The van der Waals surface area contributed by atoms with E-state index in [1.54, 1.807) is 0 Å². The van der Waals surface area contributed by atoms with Gasteiger partial charge in [-0.15, -0.1) is 0 Å². The highest BCUT2D eigenvalue weighted by Crippen LogP contribution is 2.48. The SMILES string of the molecule is C[C@H](NC(=O)[C@H]1[C@H](CO)[C@H]2Cn3c(ccc(C4=CCCC4)c3=O)[C@H]2N1C)c1ccccc1. The van der Waals surface area contributed by atoms with Gasteiger partial charge in [-0.2, -0.15) is 0 Å². The monoisotopic (exact) mass is 433 g/mol. The molecule has 1 aromatic carbocycles. The Morgan fingerprint density at radius 3 is 2.69 bits per heavy atom. The third-order valence-electron chi connectivity index (χ3n) is 7.67. The topological polar surface area (TPSA) is 74.6 Å². The lowest BCUT2D eigenvalue weighted by molar-refractivity contribution is -0.127. The number of carbonyl (C=O) groups excluding carboxylic acids is 1. The molecule has 1 aromatic heterocycles. The fourth-order valence-corrected chi connectivity index (χ4v) is 6.06. The molecule has 5 rings (SSSR count). The molecule has 2 N–H and O–H groups in total. The van der Waals surface area contributed by atoms with E-state index < -0.39 is 6.04 Å². The van der Waals surface area contributed by atoms with Crippen LogP contribution in [0.1, 0.15) is 55.1 Å². The fraction of sp³-hybridized carbons (Fsp3) is 0.462. The van der Waals surface area contributed by atoms with Crippen molar-refractivity contribution in [3.8, 4) is 0 Å². The lowest BCUT2D eigenvalue weighted by Crippen LogP contribution is -2.47. The van der Waals surface area contributed by atoms with Crippen molar-refractivity contribution < 1.29 is 9.90 Å². The first-order valence-corrected chi connectivity index (χ1v) is 11.6. The van der Waals surface area contributed by atoms with Crippen LogP contribution in [0.3, 0.4) is 0 Å². The first-order chi connectivity index (χ1) is 15.5. The van der Waals surface area contributed by atoms with E-state index in [1.807, 2.05) is 54.9 Å². The zero-order valence-electron chi connectivity index (χ0n) is 18.7. The number of aliphatic hydroxyl groups is 1. The molecule has 0 unspecified atom stereocenters. The molecule has 5 atom stereocenters. The van der Waals surface area contributed by atoms with Crippen LogP contribution in [0.2, 0.25) is 0 Å². The zero-order valence-corrected chi connectivity index (χ0v) is 18.7. The molecular formula is C26H31N3O3. The van der Waals surface area contributed by atoms with Gasteiger partial charge in [0.25, 0.3) is 5.56 Å². The van der Waals surface area contributed by atoms with Gasteiger partial charge in [0.2, 0.25) is 5.91 Å². The Bertz CT molecular complexity index is 1110. The number of rotatable bonds is 5. The van der Waals surface area contributed by atoms with Crippen molar-refractivity contribution in [2.24, 2.45) is 11.8 Å². The molecule has 32 heavy (non-hydrogen) atoms. The number of benzene rings is 1. The lowest BCUT2D eigenvalue weighted by Gasteiger charge is -2.28. The summed E-state index contributed by atoms with van der Waals surface area (Å²) in [6.07, 6.45) is 5.28. The Morgan fingerprint density at radius 1 is 1.22 bits per heavy atom. The molecule has 2 aromatic rings. The second kappa shape index (κ2) is 8.34. The minimum atomic E-state index is -0.428. The molecule has 168 valence electrons. The van der Waals surface area contributed by atoms with E-state index in [2.05, 4.69) is 22.4 Å². The highest BCUT2D eigenvalue weighted by atomic mass is 16.3. The standard InChI is InChI=1S/C26H31N3O3/c1-16(17-8-4-3-5-9-17)27-25(31)24-21(15-30)20-14-29-22(23(20)28(24)2)13-12-19(26(29)32)18-10-6-7-11-18/h3-5,8-10,12-13,16,20-21,23-24,30H,6-7,11,14-15H2,1-2H3,(H,27,31)/t16-,20+,21+,23-,24+/m0/s1. The largest absolute Gasteiger partial charge is 0.396 e. The summed E-state index contributed by atoms with van der Waals surface area (Å²) in [6, 6.07) is 13.3. The van der Waals surface area contributed by atoms with Crippen LogP contribution in [-0.2, 0) is 11.3 Å². The Balaban J connectivity index is 1.41. The van der Waals surface area contributed by atoms with Crippen LogP contribution in [0.15, 0.2) is 53.3 Å². The summed E-state index contributed by atoms with van der Waals surface area (Å²) in [4.78, 5) is 28.6. The first kappa shape index (κ1) is 21.2. The van der Waals surface area contributed by atoms with Crippen molar-refractivity contribution in [1.82, 2.24) is 14.8 Å². The number of likely N-dealkylation sites (tertiary alicyclic amines) is 1. The quantitative estimate of drug-likeness (QED) is 0.761. The zero-order chi connectivity index (χ0) is 22.4. The number of aromatic nitrogens is 1. The Kier molecular flexibility index (Phi) is 5.51. The van der Waals surface area contributed by atoms with E-state index in [-0.39, 0.29) is 42.0 Å². The predicted molar refractivity (Wildman–Crippen MR) is 124 cm³/mol. The summed E-state index contributed by atoms with van der Waals surface area (Å²) < 4.78 is 1.88. The van der Waals surface area contributed by atoms with Gasteiger partial charge in [0, 0.05) is 36.2 Å². The van der Waals surface area contributed by atoms with E-state index in [9.17, 15) is 14.7 Å². The molecule has 1 fully saturated rings. The molecule has 0 bridgehead atoms. The number of pyridine rings is 1. The van der Waals surface area contributed by atoms with Crippen molar-refractivity contribution >= 4 is 11.5 Å². The molecule has 1 amide bonds. The van der Waals surface area contributed by atoms with Crippen molar-refractivity contribution in [3.63, 3.8) is 0 Å². The second-order valence-corrected chi connectivity index (χ2v) is 9.42. The van der Waals surface area contributed by atoms with Gasteiger partial charge in [-0.05, 0) is 56.5 Å². The van der Waals surface area contributed by atoms with Crippen molar-refractivity contribution in [3.05, 3.63) is 75.7 Å². The number of aliphatic hydroxyl groups excluding tert-OH is 1. The fourth-order valence-electron chi connectivity index (χ4n) is 6.06. The first-order valence-electron chi connectivity index (χ1n) is 11.6. The van der Waals surface area contributed by atoms with E-state index in [1.165, 1.54) is 0 Å². The third-order valence-corrected chi connectivity index (χ3v) is 7.67. The predicted octanol–water partition coefficient (Wildman–Crippen LogP) is 2.89. The molecule has 3 heterocycles. The van der Waals surface area contributed by atoms with Crippen LogP contribution in [0.25, 0.3) is 5.57 Å².